The molecule has 0 spiro atoms. The predicted octanol–water partition coefficient (Wildman–Crippen LogP) is 0.615. The van der Waals surface area contributed by atoms with Crippen molar-refractivity contribution in [2.45, 2.75) is 12.3 Å². The van der Waals surface area contributed by atoms with Crippen LogP contribution in [0.4, 0.5) is 0 Å². The van der Waals surface area contributed by atoms with Gasteiger partial charge in [-0.1, -0.05) is 30.3 Å². The highest BCUT2D eigenvalue weighted by molar-refractivity contribution is 5.72. The number of benzene rings is 1. The van der Waals surface area contributed by atoms with E-state index in [1.807, 2.05) is 36.6 Å². The Morgan fingerprint density at radius 3 is 2.60 bits per heavy atom. The van der Waals surface area contributed by atoms with E-state index in [-0.39, 0.29) is 0 Å². The first-order chi connectivity index (χ1) is 7.27. The van der Waals surface area contributed by atoms with Gasteiger partial charge in [0.15, 0.2) is 5.82 Å². The lowest BCUT2D eigenvalue weighted by Gasteiger charge is -2.18. The maximum Gasteiger partial charge on any atom is 0.217 e. The number of H-pyrrole nitrogens is 1. The van der Waals surface area contributed by atoms with Crippen LogP contribution in [0.1, 0.15) is 18.3 Å². The van der Waals surface area contributed by atoms with Crippen molar-refractivity contribution in [1.82, 2.24) is 20.6 Å². The number of hydrogen-bond donors (Lipinski definition) is 1. The first kappa shape index (κ1) is 9.51. The molecule has 1 atom stereocenters. The van der Waals surface area contributed by atoms with Crippen LogP contribution in [0.15, 0.2) is 30.3 Å². The minimum Gasteiger partial charge on any atom is -0.289 e. The van der Waals surface area contributed by atoms with E-state index in [2.05, 4.69) is 20.6 Å². The molecule has 0 aliphatic rings. The van der Waals surface area contributed by atoms with Gasteiger partial charge in [-0.2, -0.15) is 0 Å². The van der Waals surface area contributed by atoms with Gasteiger partial charge in [0.2, 0.25) is 6.29 Å². The molecule has 0 saturated carbocycles. The largest absolute Gasteiger partial charge is 0.289 e. The zero-order valence-electron chi connectivity index (χ0n) is 8.14. The third-order valence-electron chi connectivity index (χ3n) is 2.37. The normalized spacial score (nSPS) is 14.5. The van der Waals surface area contributed by atoms with E-state index in [4.69, 9.17) is 0 Å². The van der Waals surface area contributed by atoms with Gasteiger partial charge in [0, 0.05) is 0 Å². The van der Waals surface area contributed by atoms with Crippen molar-refractivity contribution in [1.29, 1.82) is 0 Å². The summed E-state index contributed by atoms with van der Waals surface area (Å²) in [5.74, 6) is 0.392. The minimum atomic E-state index is -0.940. The minimum absolute atomic E-state index is 0.392. The molecular weight excluding hydrogens is 192 g/mol. The third kappa shape index (κ3) is 1.52. The zero-order valence-corrected chi connectivity index (χ0v) is 8.14. The molecule has 5 heteroatoms. The molecule has 1 aromatic carbocycles. The first-order valence-corrected chi connectivity index (χ1v) is 4.46. The lowest BCUT2D eigenvalue weighted by atomic mass is 9.83. The predicted molar refractivity (Wildman–Crippen MR) is 52.8 cm³/mol. The van der Waals surface area contributed by atoms with Gasteiger partial charge in [0.1, 0.15) is 5.41 Å². The van der Waals surface area contributed by atoms with Crippen molar-refractivity contribution in [3.05, 3.63) is 41.7 Å². The Morgan fingerprint density at radius 2 is 2.07 bits per heavy atom. The van der Waals surface area contributed by atoms with Gasteiger partial charge in [-0.25, -0.2) is 5.10 Å². The third-order valence-corrected chi connectivity index (χ3v) is 2.37. The summed E-state index contributed by atoms with van der Waals surface area (Å²) in [5, 5.41) is 13.3. The number of aromatic nitrogens is 4. The van der Waals surface area contributed by atoms with Gasteiger partial charge in [-0.15, -0.1) is 5.10 Å². The monoisotopic (exact) mass is 201 g/mol. The average molecular weight is 201 g/mol. The highest BCUT2D eigenvalue weighted by Gasteiger charge is 2.33. The van der Waals surface area contributed by atoms with Crippen LogP contribution in [0.3, 0.4) is 0 Å². The van der Waals surface area contributed by atoms with Crippen molar-refractivity contribution in [3.8, 4) is 0 Å². The van der Waals surface area contributed by atoms with Crippen molar-refractivity contribution < 1.29 is 4.79 Å². The average Bonchev–Trinajstić information content (AvgIpc) is 2.83. The van der Waals surface area contributed by atoms with E-state index < -0.39 is 5.41 Å². The van der Waals surface area contributed by atoms with E-state index >= 15 is 0 Å². The lowest BCUT2D eigenvalue weighted by Crippen LogP contribution is -2.27. The maximum absolute atomic E-state index is 11.1. The van der Waals surface area contributed by atoms with Crippen LogP contribution in [0.25, 0.3) is 0 Å². The summed E-state index contributed by atoms with van der Waals surface area (Å²) in [4.78, 5) is 11.1. The molecule has 1 heterocycles. The van der Waals surface area contributed by atoms with Crippen molar-refractivity contribution >= 4 is 6.29 Å². The number of nitrogens with zero attached hydrogens (tertiary/aromatic N) is 3. The van der Waals surface area contributed by atoms with Gasteiger partial charge in [0.25, 0.3) is 0 Å². The Hall–Kier alpha value is -2.04. The van der Waals surface area contributed by atoms with E-state index in [0.29, 0.717) is 5.82 Å². The fourth-order valence-corrected chi connectivity index (χ4v) is 1.39. The maximum atomic E-state index is 11.1. The topological polar surface area (TPSA) is 71.5 Å². The molecule has 0 bridgehead atoms. The van der Waals surface area contributed by atoms with Crippen molar-refractivity contribution in [2.24, 2.45) is 0 Å². The molecule has 15 heavy (non-hydrogen) atoms. The summed E-state index contributed by atoms with van der Waals surface area (Å²) in [7, 11) is 0. The van der Waals surface area contributed by atoms with Gasteiger partial charge in [0.05, 0.1) is 0 Å². The second-order valence-corrected chi connectivity index (χ2v) is 3.34. The molecule has 0 aliphatic carbocycles. The van der Waals surface area contributed by atoms with Crippen LogP contribution in [0.2, 0.25) is 0 Å². The van der Waals surface area contributed by atoms with Crippen LogP contribution in [0, 0.1) is 0 Å². The second kappa shape index (κ2) is 3.61. The molecule has 2 aromatic rings. The number of hydrogen-bond acceptors (Lipinski definition) is 4. The number of nitrogens with one attached hydrogen (secondary N) is 1. The fourth-order valence-electron chi connectivity index (χ4n) is 1.39. The summed E-state index contributed by atoms with van der Waals surface area (Å²) in [6, 6.07) is 9.28. The molecule has 0 saturated heterocycles. The van der Waals surface area contributed by atoms with E-state index in [1.54, 1.807) is 6.92 Å². The summed E-state index contributed by atoms with van der Waals surface area (Å²) < 4.78 is 0. The van der Waals surface area contributed by atoms with Crippen LogP contribution >= 0.6 is 0 Å². The summed E-state index contributed by atoms with van der Waals surface area (Å²) in [5.41, 5.74) is -0.136. The van der Waals surface area contributed by atoms with E-state index in [0.717, 1.165) is 5.56 Å². The van der Waals surface area contributed by atoms with E-state index in [1.165, 1.54) is 0 Å². The fraction of sp³-hybridized carbons (Fsp3) is 0.200. The number of rotatable bonds is 3. The van der Waals surface area contributed by atoms with Gasteiger partial charge in [-0.05, 0) is 22.9 Å². The molecule has 0 fully saturated rings. The Balaban J connectivity index is 2.52. The van der Waals surface area contributed by atoms with Crippen LogP contribution < -0.4 is 0 Å². The highest BCUT2D eigenvalue weighted by atomic mass is 16.1. The standard InChI is InChI=1S/C10H9N4O/c1-10(7-15,9-11-13-14-12-9)8-5-3-2-4-6-8/h2-6H,1H3,(H,11,12,13,14). The van der Waals surface area contributed by atoms with Crippen LogP contribution in [-0.2, 0) is 10.2 Å². The molecule has 5 nitrogen and oxygen atoms in total. The molecule has 2 rings (SSSR count). The molecule has 75 valence electrons. The van der Waals surface area contributed by atoms with Crippen molar-refractivity contribution in [2.75, 3.05) is 0 Å². The van der Waals surface area contributed by atoms with E-state index in [9.17, 15) is 4.79 Å². The van der Waals surface area contributed by atoms with Gasteiger partial charge in [-0.3, -0.25) is 4.79 Å². The molecule has 0 amide bonds. The molecule has 1 N–H and O–H groups in total. The van der Waals surface area contributed by atoms with Crippen LogP contribution in [0.5, 0.6) is 0 Å². The Bertz CT molecular complexity index is 440. The Labute approximate surface area is 86.5 Å². The quantitative estimate of drug-likeness (QED) is 0.790. The summed E-state index contributed by atoms with van der Waals surface area (Å²) >= 11 is 0. The highest BCUT2D eigenvalue weighted by Crippen LogP contribution is 2.25. The molecule has 1 radical (unpaired) electrons. The van der Waals surface area contributed by atoms with Gasteiger partial charge >= 0.3 is 0 Å². The van der Waals surface area contributed by atoms with Crippen LogP contribution in [-0.4, -0.2) is 26.9 Å². The molecule has 0 aliphatic heterocycles. The lowest BCUT2D eigenvalue weighted by molar-refractivity contribution is 0.519. The SMILES string of the molecule is CC([C]=O)(c1ccccc1)c1nnn[nH]1. The number of aromatic amines is 1. The molecule has 1 aromatic heterocycles. The Kier molecular flexibility index (Phi) is 2.29. The zero-order chi connectivity index (χ0) is 10.7. The number of tetrazole rings is 1. The Morgan fingerprint density at radius 1 is 1.33 bits per heavy atom. The first-order valence-electron chi connectivity index (χ1n) is 4.46. The summed E-state index contributed by atoms with van der Waals surface area (Å²) in [6.45, 7) is 1.72. The molecular formula is C10H9N4O. The van der Waals surface area contributed by atoms with Crippen molar-refractivity contribution in [3.63, 3.8) is 0 Å². The smallest absolute Gasteiger partial charge is 0.217 e. The second-order valence-electron chi connectivity index (χ2n) is 3.34. The summed E-state index contributed by atoms with van der Waals surface area (Å²) in [6.07, 6.45) is 1.97. The number of carbonyl (C=O) groups excluding carboxylic acids is 1. The molecule has 1 unspecified atom stereocenters. The van der Waals surface area contributed by atoms with Gasteiger partial charge < -0.3 is 0 Å².